The van der Waals surface area contributed by atoms with Crippen LogP contribution in [0.4, 0.5) is 0 Å². The van der Waals surface area contributed by atoms with Gasteiger partial charge >= 0.3 is 349 Å². The zero-order chi connectivity index (χ0) is 40.8. The Bertz CT molecular complexity index is 1640. The van der Waals surface area contributed by atoms with Gasteiger partial charge in [-0.25, -0.2) is 0 Å². The molecule has 3 heterocycles. The fourth-order valence-corrected chi connectivity index (χ4v) is 68.5. The van der Waals surface area contributed by atoms with Crippen molar-refractivity contribution in [1.82, 2.24) is 8.84 Å². The summed E-state index contributed by atoms with van der Waals surface area (Å²) in [7, 11) is -10.8. The van der Waals surface area contributed by atoms with Crippen LogP contribution in [0, 0.1) is 0 Å². The molecule has 0 saturated carbocycles. The summed E-state index contributed by atoms with van der Waals surface area (Å²) in [5.41, 5.74) is 7.62. The van der Waals surface area contributed by atoms with Gasteiger partial charge in [0.2, 0.25) is 0 Å². The number of fused-ring (bicyclic) bond motifs is 1. The van der Waals surface area contributed by atoms with E-state index in [0.717, 1.165) is 12.7 Å². The van der Waals surface area contributed by atoms with E-state index in [9.17, 15) is 0 Å². The molecule has 3 rings (SSSR count). The summed E-state index contributed by atoms with van der Waals surface area (Å²) in [6.45, 7) is 53.6. The Balaban J connectivity index is 2.65. The molecule has 0 N–H and O–H groups in total. The van der Waals surface area contributed by atoms with Crippen molar-refractivity contribution < 1.29 is 0 Å². The zero-order valence-corrected chi connectivity index (χ0v) is 47.9. The van der Waals surface area contributed by atoms with Crippen molar-refractivity contribution in [3.05, 3.63) is 53.5 Å². The van der Waals surface area contributed by atoms with Crippen LogP contribution in [0.1, 0.15) is 94.5 Å². The third-order valence-corrected chi connectivity index (χ3v) is 52.7. The molecule has 1 aromatic heterocycles. The Kier molecular flexibility index (Phi) is 16.0. The zero-order valence-electron chi connectivity index (χ0n) is 38.0. The van der Waals surface area contributed by atoms with Crippen molar-refractivity contribution in [3.63, 3.8) is 0 Å². The molecule has 0 bridgehead atoms. The van der Waals surface area contributed by atoms with Gasteiger partial charge in [0, 0.05) is 0 Å². The third-order valence-electron chi connectivity index (χ3n) is 10.9. The fourth-order valence-electron chi connectivity index (χ4n) is 9.18. The van der Waals surface area contributed by atoms with E-state index in [0.29, 0.717) is 38.4 Å². The van der Waals surface area contributed by atoms with Gasteiger partial charge in [0.1, 0.15) is 0 Å². The van der Waals surface area contributed by atoms with Crippen molar-refractivity contribution >= 4 is 77.0 Å². The third kappa shape index (κ3) is 10.2. The molecule has 0 spiro atoms. The van der Waals surface area contributed by atoms with E-state index in [1.807, 2.05) is 0 Å². The van der Waals surface area contributed by atoms with Crippen LogP contribution in [-0.4, -0.2) is 110 Å². The van der Waals surface area contributed by atoms with E-state index in [1.165, 1.54) is 11.4 Å². The van der Waals surface area contributed by atoms with Crippen LogP contribution in [-0.2, 0) is 8.98 Å². The summed E-state index contributed by atoms with van der Waals surface area (Å²) >= 11 is -1.34. The first-order valence-electron chi connectivity index (χ1n) is 20.5. The summed E-state index contributed by atoms with van der Waals surface area (Å²) in [5.74, 6) is 0. The Hall–Kier alpha value is 0.856. The first kappa shape index (κ1) is 48.2. The first-order valence-corrected chi connectivity index (χ1v) is 41.0. The number of rotatable bonds is 14. The topological polar surface area (TPSA) is 53.2 Å². The number of allylic oxidation sites excluding steroid dienone is 3. The molecule has 0 aromatic carbocycles. The minimum absolute atomic E-state index is 0.0650. The predicted octanol–water partition coefficient (Wildman–Crippen LogP) is 13.7. The Labute approximate surface area is 346 Å². The van der Waals surface area contributed by atoms with Gasteiger partial charge in [0.15, 0.2) is 0 Å². The molecule has 300 valence electrons. The quantitative estimate of drug-likeness (QED) is 0.138. The Morgan fingerprint density at radius 2 is 1.23 bits per heavy atom. The van der Waals surface area contributed by atoms with Crippen LogP contribution >= 0.6 is 21.2 Å². The van der Waals surface area contributed by atoms with Gasteiger partial charge in [-0.3, -0.25) is 0 Å². The molecule has 2 atom stereocenters. The first-order chi connectivity index (χ1) is 24.0. The maximum absolute atomic E-state index is 6.43. The molecule has 53 heavy (non-hydrogen) atoms. The minimum atomic E-state index is -1.99. The van der Waals surface area contributed by atoms with E-state index in [1.54, 1.807) is 5.70 Å². The molecule has 1 fully saturated rings. The monoisotopic (exact) mass is 955 g/mol. The SMILES string of the molecule is CC(C)P(Cc1cccc([C]2(P(=N[Si](C)(C)C)(C(C)C)C(C)C)[Ge][CH](P(=N[Si](C)(C)C)(C(C)C)C(C)C)C3=CC=CC[N]3[Ge]2)n1)(=N[Si](C)(C)C)C(C)C. The van der Waals surface area contributed by atoms with Crippen molar-refractivity contribution in [2.45, 2.75) is 189 Å². The molecule has 4 radical (unpaired) electrons. The van der Waals surface area contributed by atoms with Crippen molar-refractivity contribution in [1.29, 1.82) is 0 Å². The van der Waals surface area contributed by atoms with Gasteiger partial charge in [-0.05, 0) is 0 Å². The average Bonchev–Trinajstić information content (AvgIpc) is 2.99. The molecule has 0 aliphatic carbocycles. The molecule has 13 heteroatoms. The van der Waals surface area contributed by atoms with Crippen molar-refractivity contribution in [2.24, 2.45) is 13.2 Å². The van der Waals surface area contributed by atoms with Crippen molar-refractivity contribution in [2.75, 3.05) is 6.54 Å². The number of hydrogen-bond donors (Lipinski definition) is 0. The van der Waals surface area contributed by atoms with Gasteiger partial charge in [-0.15, -0.1) is 0 Å². The van der Waals surface area contributed by atoms with Crippen LogP contribution in [0.2, 0.25) is 58.9 Å². The van der Waals surface area contributed by atoms with Crippen LogP contribution in [0.3, 0.4) is 0 Å². The second kappa shape index (κ2) is 17.6. The molecule has 2 unspecified atom stereocenters. The van der Waals surface area contributed by atoms with E-state index in [2.05, 4.69) is 182 Å². The van der Waals surface area contributed by atoms with Gasteiger partial charge in [-0.2, -0.15) is 0 Å². The summed E-state index contributed by atoms with van der Waals surface area (Å²) in [5, 5.41) is 0. The predicted molar refractivity (Wildman–Crippen MR) is 258 cm³/mol. The Morgan fingerprint density at radius 3 is 1.66 bits per heavy atom. The number of hydrogen-bond acceptors (Lipinski definition) is 5. The van der Waals surface area contributed by atoms with E-state index < -0.39 is 77.0 Å². The Morgan fingerprint density at radius 1 is 0.717 bits per heavy atom. The number of nitrogens with zero attached hydrogens (tertiary/aromatic N) is 5. The molecule has 2 aliphatic heterocycles. The fraction of sp³-hybridized carbons (Fsp3) is 0.775. The second-order valence-corrected chi connectivity index (χ2v) is 60.0. The van der Waals surface area contributed by atoms with Crippen molar-refractivity contribution in [3.8, 4) is 0 Å². The van der Waals surface area contributed by atoms with Gasteiger partial charge in [-0.1, -0.05) is 0 Å². The van der Waals surface area contributed by atoms with Crippen LogP contribution < -0.4 is 0 Å². The van der Waals surface area contributed by atoms with Crippen LogP contribution in [0.25, 0.3) is 0 Å². The van der Waals surface area contributed by atoms with E-state index in [-0.39, 0.29) is 2.82 Å². The normalized spacial score (nSPS) is 20.9. The molecular formula is C40H80Ge2N5P3Si3. The summed E-state index contributed by atoms with van der Waals surface area (Å²) in [6, 6.07) is 7.32. The molecule has 1 aromatic rings. The van der Waals surface area contributed by atoms with Gasteiger partial charge in [0.25, 0.3) is 0 Å². The molecule has 0 amide bonds. The molecule has 1 saturated heterocycles. The molecule has 5 nitrogen and oxygen atoms in total. The summed E-state index contributed by atoms with van der Waals surface area (Å²) < 4.78 is 22.2. The number of pyridine rings is 1. The van der Waals surface area contributed by atoms with Gasteiger partial charge in [0.05, 0.1) is 0 Å². The average molecular weight is 954 g/mol. The second-order valence-electron chi connectivity index (χ2n) is 20.5. The van der Waals surface area contributed by atoms with E-state index >= 15 is 0 Å². The summed E-state index contributed by atoms with van der Waals surface area (Å²) in [6.07, 6.45) is 8.40. The summed E-state index contributed by atoms with van der Waals surface area (Å²) in [4.78, 5) is 6.08. The van der Waals surface area contributed by atoms with Crippen LogP contribution in [0.5, 0.6) is 0 Å². The van der Waals surface area contributed by atoms with Gasteiger partial charge < -0.3 is 0 Å². The van der Waals surface area contributed by atoms with Crippen LogP contribution in [0.15, 0.2) is 55.4 Å². The maximum atomic E-state index is 6.43. The molecule has 2 aliphatic rings. The standard InChI is InChI=1S/C40H80Ge2N5P3Si3/c1-30(2)48(31(3)4,44-51(13,14)15)29-36-25-24-27-38(43-36)40(50(34(9)10,35(11)12)46-53(19,20)21)41-39(37-26-22-23-28-47(37)42-40)49(32(5)6,33(7)8)45-52(16,17)18/h22-27,30-35,39H,28-29H2,1-21H3. The number of aromatic nitrogens is 1. The van der Waals surface area contributed by atoms with E-state index in [4.69, 9.17) is 18.2 Å². The molecular weight excluding hydrogens is 873 g/mol.